The van der Waals surface area contributed by atoms with E-state index in [2.05, 4.69) is 25.8 Å². The molecule has 0 spiro atoms. The Hall–Kier alpha value is -3.14. The molecule has 0 aliphatic carbocycles. The molecule has 2 aromatic heterocycles. The van der Waals surface area contributed by atoms with Crippen molar-refractivity contribution in [3.05, 3.63) is 41.7 Å². The van der Waals surface area contributed by atoms with Crippen molar-refractivity contribution in [2.24, 2.45) is 0 Å². The van der Waals surface area contributed by atoms with E-state index in [9.17, 15) is 8.42 Å². The van der Waals surface area contributed by atoms with E-state index in [4.69, 9.17) is 9.26 Å². The van der Waals surface area contributed by atoms with Gasteiger partial charge < -0.3 is 19.9 Å². The minimum Gasteiger partial charge on any atom is -0.495 e. The monoisotopic (exact) mass is 389 g/mol. The van der Waals surface area contributed by atoms with Crippen LogP contribution < -0.4 is 15.4 Å². The Morgan fingerprint density at radius 3 is 2.56 bits per heavy atom. The zero-order chi connectivity index (χ0) is 19.6. The Morgan fingerprint density at radius 2 is 1.93 bits per heavy atom. The first-order valence-corrected chi connectivity index (χ1v) is 9.85. The van der Waals surface area contributed by atoms with Crippen LogP contribution in [0, 0.1) is 13.8 Å². The SMILES string of the molecule is COc1ccc(S(C)(=O)=O)cc1Nc1nccc(Nc2onc(C)c2C)n1. The Bertz CT molecular complexity index is 1080. The summed E-state index contributed by atoms with van der Waals surface area (Å²) < 4.78 is 34.1. The van der Waals surface area contributed by atoms with Gasteiger partial charge in [-0.3, -0.25) is 0 Å². The Kier molecular flexibility index (Phi) is 5.00. The molecule has 0 saturated carbocycles. The van der Waals surface area contributed by atoms with Crippen LogP contribution in [0.15, 0.2) is 39.9 Å². The smallest absolute Gasteiger partial charge is 0.233 e. The van der Waals surface area contributed by atoms with Gasteiger partial charge >= 0.3 is 0 Å². The maximum absolute atomic E-state index is 11.8. The van der Waals surface area contributed by atoms with Gasteiger partial charge in [-0.05, 0) is 38.1 Å². The number of sulfone groups is 1. The van der Waals surface area contributed by atoms with E-state index in [0.29, 0.717) is 23.1 Å². The Morgan fingerprint density at radius 1 is 1.15 bits per heavy atom. The van der Waals surface area contributed by atoms with Crippen LogP contribution in [0.1, 0.15) is 11.3 Å². The number of aryl methyl sites for hydroxylation is 1. The molecular weight excluding hydrogens is 370 g/mol. The average molecular weight is 389 g/mol. The van der Waals surface area contributed by atoms with E-state index in [1.54, 1.807) is 18.3 Å². The van der Waals surface area contributed by atoms with Gasteiger partial charge in [0, 0.05) is 18.0 Å². The van der Waals surface area contributed by atoms with Gasteiger partial charge in [0.2, 0.25) is 11.8 Å². The number of aromatic nitrogens is 3. The Balaban J connectivity index is 1.89. The fraction of sp³-hybridized carbons (Fsp3) is 0.235. The molecule has 10 heteroatoms. The molecular formula is C17H19N5O4S. The van der Waals surface area contributed by atoms with Crippen LogP contribution in [0.3, 0.4) is 0 Å². The van der Waals surface area contributed by atoms with Crippen LogP contribution in [0.25, 0.3) is 0 Å². The molecule has 0 aliphatic rings. The lowest BCUT2D eigenvalue weighted by Crippen LogP contribution is -2.04. The van der Waals surface area contributed by atoms with Crippen molar-refractivity contribution >= 4 is 33.2 Å². The molecule has 9 nitrogen and oxygen atoms in total. The standard InChI is InChI=1S/C17H19N5O4S/c1-10-11(2)22-26-16(10)20-15-7-8-18-17(21-15)19-13-9-12(27(4,23)24)5-6-14(13)25-3/h5-9H,1-4H3,(H2,18,19,20,21). The summed E-state index contributed by atoms with van der Waals surface area (Å²) in [6, 6.07) is 6.20. The molecule has 27 heavy (non-hydrogen) atoms. The average Bonchev–Trinajstić information content (AvgIpc) is 2.93. The number of rotatable bonds is 6. The van der Waals surface area contributed by atoms with Crippen LogP contribution in [-0.4, -0.2) is 36.9 Å². The maximum atomic E-state index is 11.8. The summed E-state index contributed by atoms with van der Waals surface area (Å²) in [6.45, 7) is 3.73. The summed E-state index contributed by atoms with van der Waals surface area (Å²) in [5.74, 6) is 1.71. The molecule has 0 amide bonds. The number of anilines is 4. The van der Waals surface area contributed by atoms with Crippen LogP contribution in [0.4, 0.5) is 23.3 Å². The van der Waals surface area contributed by atoms with Crippen LogP contribution in [-0.2, 0) is 9.84 Å². The first-order chi connectivity index (χ1) is 12.8. The molecule has 0 fully saturated rings. The number of ether oxygens (including phenoxy) is 1. The fourth-order valence-corrected chi connectivity index (χ4v) is 2.92. The summed E-state index contributed by atoms with van der Waals surface area (Å²) in [5.41, 5.74) is 2.10. The van der Waals surface area contributed by atoms with E-state index in [0.717, 1.165) is 17.5 Å². The summed E-state index contributed by atoms with van der Waals surface area (Å²) in [5, 5.41) is 9.91. The predicted molar refractivity (Wildman–Crippen MR) is 101 cm³/mol. The molecule has 0 unspecified atom stereocenters. The van der Waals surface area contributed by atoms with Gasteiger partial charge in [-0.25, -0.2) is 13.4 Å². The van der Waals surface area contributed by atoms with Crippen molar-refractivity contribution in [2.45, 2.75) is 18.7 Å². The first-order valence-electron chi connectivity index (χ1n) is 7.96. The van der Waals surface area contributed by atoms with Crippen molar-refractivity contribution in [1.29, 1.82) is 0 Å². The van der Waals surface area contributed by atoms with Gasteiger partial charge in [0.1, 0.15) is 11.6 Å². The van der Waals surface area contributed by atoms with Gasteiger partial charge in [0.15, 0.2) is 9.84 Å². The van der Waals surface area contributed by atoms with Gasteiger partial charge in [-0.15, -0.1) is 0 Å². The number of nitrogens with zero attached hydrogens (tertiary/aromatic N) is 3. The second-order valence-corrected chi connectivity index (χ2v) is 7.89. The quantitative estimate of drug-likeness (QED) is 0.655. The summed E-state index contributed by atoms with van der Waals surface area (Å²) in [4.78, 5) is 8.67. The summed E-state index contributed by atoms with van der Waals surface area (Å²) in [7, 11) is -1.87. The molecule has 0 saturated heterocycles. The fourth-order valence-electron chi connectivity index (χ4n) is 2.27. The highest BCUT2D eigenvalue weighted by Crippen LogP contribution is 2.30. The molecule has 3 aromatic rings. The van der Waals surface area contributed by atoms with Crippen molar-refractivity contribution in [3.8, 4) is 5.75 Å². The number of nitrogens with one attached hydrogen (secondary N) is 2. The topological polar surface area (TPSA) is 119 Å². The first kappa shape index (κ1) is 18.6. The molecule has 2 heterocycles. The molecule has 0 radical (unpaired) electrons. The third-order valence-electron chi connectivity index (χ3n) is 3.90. The lowest BCUT2D eigenvalue weighted by Gasteiger charge is -2.12. The highest BCUT2D eigenvalue weighted by atomic mass is 32.2. The zero-order valence-electron chi connectivity index (χ0n) is 15.3. The van der Waals surface area contributed by atoms with E-state index < -0.39 is 9.84 Å². The third-order valence-corrected chi connectivity index (χ3v) is 5.01. The zero-order valence-corrected chi connectivity index (χ0v) is 16.1. The number of methoxy groups -OCH3 is 1. The van der Waals surface area contributed by atoms with Crippen LogP contribution in [0.5, 0.6) is 5.75 Å². The number of hydrogen-bond acceptors (Lipinski definition) is 9. The summed E-state index contributed by atoms with van der Waals surface area (Å²) in [6.07, 6.45) is 2.70. The highest BCUT2D eigenvalue weighted by Gasteiger charge is 2.13. The molecule has 2 N–H and O–H groups in total. The molecule has 3 rings (SSSR count). The predicted octanol–water partition coefficient (Wildman–Crippen LogP) is 2.98. The van der Waals surface area contributed by atoms with Crippen molar-refractivity contribution in [2.75, 3.05) is 24.0 Å². The molecule has 1 aromatic carbocycles. The second-order valence-electron chi connectivity index (χ2n) is 5.87. The highest BCUT2D eigenvalue weighted by molar-refractivity contribution is 7.90. The summed E-state index contributed by atoms with van der Waals surface area (Å²) >= 11 is 0. The van der Waals surface area contributed by atoms with E-state index in [-0.39, 0.29) is 10.8 Å². The van der Waals surface area contributed by atoms with Crippen LogP contribution in [0.2, 0.25) is 0 Å². The van der Waals surface area contributed by atoms with E-state index >= 15 is 0 Å². The maximum Gasteiger partial charge on any atom is 0.233 e. The van der Waals surface area contributed by atoms with Gasteiger partial charge in [0.05, 0.1) is 23.4 Å². The second kappa shape index (κ2) is 7.23. The molecule has 0 atom stereocenters. The van der Waals surface area contributed by atoms with E-state index in [1.807, 2.05) is 13.8 Å². The van der Waals surface area contributed by atoms with Gasteiger partial charge in [0.25, 0.3) is 0 Å². The van der Waals surface area contributed by atoms with Crippen LogP contribution >= 0.6 is 0 Å². The molecule has 0 bridgehead atoms. The normalized spacial score (nSPS) is 11.3. The van der Waals surface area contributed by atoms with Crippen molar-refractivity contribution in [3.63, 3.8) is 0 Å². The minimum atomic E-state index is -3.36. The molecule has 142 valence electrons. The van der Waals surface area contributed by atoms with Crippen molar-refractivity contribution < 1.29 is 17.7 Å². The van der Waals surface area contributed by atoms with Crippen molar-refractivity contribution in [1.82, 2.24) is 15.1 Å². The minimum absolute atomic E-state index is 0.160. The Labute approximate surface area is 156 Å². The largest absolute Gasteiger partial charge is 0.495 e. The van der Waals surface area contributed by atoms with Gasteiger partial charge in [-0.2, -0.15) is 4.98 Å². The lowest BCUT2D eigenvalue weighted by molar-refractivity contribution is 0.416. The lowest BCUT2D eigenvalue weighted by atomic mass is 10.3. The molecule has 0 aliphatic heterocycles. The van der Waals surface area contributed by atoms with E-state index in [1.165, 1.54) is 19.2 Å². The third kappa shape index (κ3) is 4.17. The number of benzene rings is 1. The van der Waals surface area contributed by atoms with Gasteiger partial charge in [-0.1, -0.05) is 5.16 Å². The number of hydrogen-bond donors (Lipinski definition) is 2.